The van der Waals surface area contributed by atoms with Crippen molar-refractivity contribution < 1.29 is 14.3 Å². The molecule has 19 heavy (non-hydrogen) atoms. The number of hydrogen-bond acceptors (Lipinski definition) is 4. The van der Waals surface area contributed by atoms with Crippen LogP contribution in [0.3, 0.4) is 0 Å². The smallest absolute Gasteiger partial charge is 0.307 e. The predicted molar refractivity (Wildman–Crippen MR) is 72.0 cm³/mol. The zero-order valence-electron chi connectivity index (χ0n) is 10.1. The van der Waals surface area contributed by atoms with Crippen LogP contribution >= 0.6 is 11.3 Å². The minimum atomic E-state index is -0.455. The van der Waals surface area contributed by atoms with E-state index in [9.17, 15) is 9.59 Å². The SMILES string of the molecule is O=C1C[C@H](C(=O)c2cccs2)[C@@H](c2ccccc2)O1. The third kappa shape index (κ3) is 2.31. The third-order valence-electron chi connectivity index (χ3n) is 3.24. The summed E-state index contributed by atoms with van der Waals surface area (Å²) in [6.45, 7) is 0. The van der Waals surface area contributed by atoms with Crippen molar-refractivity contribution in [3.63, 3.8) is 0 Å². The summed E-state index contributed by atoms with van der Waals surface area (Å²) in [4.78, 5) is 24.6. The number of thiophene rings is 1. The highest BCUT2D eigenvalue weighted by Gasteiger charge is 2.41. The standard InChI is InChI=1S/C15H12O3S/c16-13-9-11(14(17)12-7-4-8-19-12)15(18-13)10-5-2-1-3-6-10/h1-8,11,15H,9H2/t11-,15-/m1/s1. The molecule has 0 N–H and O–H groups in total. The lowest BCUT2D eigenvalue weighted by Gasteiger charge is -2.16. The van der Waals surface area contributed by atoms with Gasteiger partial charge in [-0.25, -0.2) is 0 Å². The summed E-state index contributed by atoms with van der Waals surface area (Å²) in [5.74, 6) is -0.716. The molecular weight excluding hydrogens is 260 g/mol. The van der Waals surface area contributed by atoms with Gasteiger partial charge in [-0.3, -0.25) is 9.59 Å². The van der Waals surface area contributed by atoms with Crippen LogP contribution in [0.2, 0.25) is 0 Å². The number of cyclic esters (lactones) is 1. The van der Waals surface area contributed by atoms with Gasteiger partial charge in [0.25, 0.3) is 0 Å². The van der Waals surface area contributed by atoms with Crippen LogP contribution in [0, 0.1) is 5.92 Å². The molecular formula is C15H12O3S. The number of esters is 1. The van der Waals surface area contributed by atoms with Gasteiger partial charge >= 0.3 is 5.97 Å². The Labute approximate surface area is 114 Å². The average Bonchev–Trinajstić information content (AvgIpc) is 3.08. The monoisotopic (exact) mass is 272 g/mol. The molecule has 1 fully saturated rings. The fourth-order valence-corrected chi connectivity index (χ4v) is 3.06. The zero-order chi connectivity index (χ0) is 13.2. The molecule has 96 valence electrons. The molecule has 2 aromatic rings. The van der Waals surface area contributed by atoms with Crippen molar-refractivity contribution in [3.05, 3.63) is 58.3 Å². The number of rotatable bonds is 3. The largest absolute Gasteiger partial charge is 0.457 e. The molecule has 1 aromatic carbocycles. The molecule has 0 aliphatic carbocycles. The van der Waals surface area contributed by atoms with Gasteiger partial charge in [0.2, 0.25) is 0 Å². The molecule has 1 aliphatic rings. The minimum absolute atomic E-state index is 0.00490. The molecule has 0 bridgehead atoms. The maximum Gasteiger partial charge on any atom is 0.307 e. The summed E-state index contributed by atoms with van der Waals surface area (Å²) in [5, 5.41) is 1.86. The van der Waals surface area contributed by atoms with E-state index >= 15 is 0 Å². The van der Waals surface area contributed by atoms with Gasteiger partial charge in [0.1, 0.15) is 6.10 Å². The highest BCUT2D eigenvalue weighted by Crippen LogP contribution is 2.37. The predicted octanol–water partition coefficient (Wildman–Crippen LogP) is 3.24. The number of ketones is 1. The van der Waals surface area contributed by atoms with Crippen molar-refractivity contribution in [2.24, 2.45) is 5.92 Å². The molecule has 2 atom stereocenters. The fourth-order valence-electron chi connectivity index (χ4n) is 2.33. The molecule has 0 radical (unpaired) electrons. The Kier molecular flexibility index (Phi) is 3.17. The number of carbonyl (C=O) groups is 2. The second kappa shape index (κ2) is 4.97. The summed E-state index contributed by atoms with van der Waals surface area (Å²) in [6.07, 6.45) is -0.292. The van der Waals surface area contributed by atoms with E-state index in [1.54, 1.807) is 6.07 Å². The van der Waals surface area contributed by atoms with Crippen LogP contribution in [0.1, 0.15) is 27.8 Å². The Morgan fingerprint density at radius 3 is 2.63 bits per heavy atom. The van der Waals surface area contributed by atoms with Crippen LogP contribution in [0.15, 0.2) is 47.8 Å². The van der Waals surface area contributed by atoms with Gasteiger partial charge in [0.15, 0.2) is 5.78 Å². The Balaban J connectivity index is 1.91. The molecule has 0 amide bonds. The van der Waals surface area contributed by atoms with Gasteiger partial charge in [0.05, 0.1) is 17.2 Å². The number of hydrogen-bond donors (Lipinski definition) is 0. The van der Waals surface area contributed by atoms with E-state index in [1.165, 1.54) is 11.3 Å². The van der Waals surface area contributed by atoms with E-state index < -0.39 is 12.0 Å². The molecule has 1 aliphatic heterocycles. The third-order valence-corrected chi connectivity index (χ3v) is 4.12. The van der Waals surface area contributed by atoms with Gasteiger partial charge in [-0.05, 0) is 17.0 Å². The number of benzene rings is 1. The summed E-state index contributed by atoms with van der Waals surface area (Å²) >= 11 is 1.40. The molecule has 2 heterocycles. The van der Waals surface area contributed by atoms with Crippen molar-refractivity contribution in [3.8, 4) is 0 Å². The van der Waals surface area contributed by atoms with E-state index in [0.717, 1.165) is 5.56 Å². The number of carbonyl (C=O) groups excluding carboxylic acids is 2. The van der Waals surface area contributed by atoms with Crippen molar-refractivity contribution in [2.45, 2.75) is 12.5 Å². The molecule has 0 saturated carbocycles. The minimum Gasteiger partial charge on any atom is -0.457 e. The van der Waals surface area contributed by atoms with Crippen LogP contribution in [0.25, 0.3) is 0 Å². The number of ether oxygens (including phenoxy) is 1. The zero-order valence-corrected chi connectivity index (χ0v) is 10.9. The molecule has 1 saturated heterocycles. The van der Waals surface area contributed by atoms with E-state index in [2.05, 4.69) is 0 Å². The topological polar surface area (TPSA) is 43.4 Å². The van der Waals surface area contributed by atoms with Crippen LogP contribution < -0.4 is 0 Å². The Hall–Kier alpha value is -1.94. The fraction of sp³-hybridized carbons (Fsp3) is 0.200. The average molecular weight is 272 g/mol. The van der Waals surface area contributed by atoms with E-state index in [4.69, 9.17) is 4.74 Å². The second-order valence-electron chi connectivity index (χ2n) is 4.47. The molecule has 1 aromatic heterocycles. The van der Waals surface area contributed by atoms with Gasteiger partial charge in [0, 0.05) is 0 Å². The molecule has 3 rings (SSSR count). The molecule has 0 spiro atoms. The summed E-state index contributed by atoms with van der Waals surface area (Å²) in [6, 6.07) is 13.1. The van der Waals surface area contributed by atoms with Gasteiger partial charge in [-0.15, -0.1) is 11.3 Å². The van der Waals surface area contributed by atoms with Crippen molar-refractivity contribution in [1.29, 1.82) is 0 Å². The lowest BCUT2D eigenvalue weighted by Crippen LogP contribution is -2.17. The van der Waals surface area contributed by atoms with E-state index in [-0.39, 0.29) is 18.2 Å². The summed E-state index contributed by atoms with van der Waals surface area (Å²) < 4.78 is 5.32. The first-order valence-electron chi connectivity index (χ1n) is 6.08. The van der Waals surface area contributed by atoms with Crippen LogP contribution in [-0.2, 0) is 9.53 Å². The normalized spacial score (nSPS) is 22.2. The summed E-state index contributed by atoms with van der Waals surface area (Å²) in [5.41, 5.74) is 0.878. The Morgan fingerprint density at radius 2 is 1.95 bits per heavy atom. The number of Topliss-reactive ketones (excluding diaryl/α,β-unsaturated/α-hetero) is 1. The second-order valence-corrected chi connectivity index (χ2v) is 5.42. The molecule has 3 nitrogen and oxygen atoms in total. The van der Waals surface area contributed by atoms with Crippen LogP contribution in [-0.4, -0.2) is 11.8 Å². The lowest BCUT2D eigenvalue weighted by molar-refractivity contribution is -0.141. The molecule has 4 heteroatoms. The van der Waals surface area contributed by atoms with E-state index in [1.807, 2.05) is 41.8 Å². The van der Waals surface area contributed by atoms with Gasteiger partial charge < -0.3 is 4.74 Å². The van der Waals surface area contributed by atoms with Crippen molar-refractivity contribution >= 4 is 23.1 Å². The van der Waals surface area contributed by atoms with Crippen molar-refractivity contribution in [2.75, 3.05) is 0 Å². The van der Waals surface area contributed by atoms with E-state index in [0.29, 0.717) is 4.88 Å². The Bertz CT molecular complexity index is 589. The highest BCUT2D eigenvalue weighted by atomic mass is 32.1. The maximum absolute atomic E-state index is 12.4. The maximum atomic E-state index is 12.4. The first-order chi connectivity index (χ1) is 9.25. The molecule has 0 unspecified atom stereocenters. The first kappa shape index (κ1) is 12.1. The van der Waals surface area contributed by atoms with Gasteiger partial charge in [-0.1, -0.05) is 36.4 Å². The van der Waals surface area contributed by atoms with Crippen molar-refractivity contribution in [1.82, 2.24) is 0 Å². The lowest BCUT2D eigenvalue weighted by atomic mass is 9.91. The first-order valence-corrected chi connectivity index (χ1v) is 6.96. The van der Waals surface area contributed by atoms with Gasteiger partial charge in [-0.2, -0.15) is 0 Å². The summed E-state index contributed by atoms with van der Waals surface area (Å²) in [7, 11) is 0. The highest BCUT2D eigenvalue weighted by molar-refractivity contribution is 7.12. The van der Waals surface area contributed by atoms with Crippen LogP contribution in [0.4, 0.5) is 0 Å². The quantitative estimate of drug-likeness (QED) is 0.636. The van der Waals surface area contributed by atoms with Crippen LogP contribution in [0.5, 0.6) is 0 Å². The Morgan fingerprint density at radius 1 is 1.16 bits per heavy atom.